The molecule has 1 aromatic carbocycles. The first-order valence-electron chi connectivity index (χ1n) is 7.65. The highest BCUT2D eigenvalue weighted by molar-refractivity contribution is 7.97. The maximum atomic E-state index is 13.5. The van der Waals surface area contributed by atoms with E-state index in [0.29, 0.717) is 23.5 Å². The Balaban J connectivity index is 1.80. The summed E-state index contributed by atoms with van der Waals surface area (Å²) >= 11 is 1.54. The van der Waals surface area contributed by atoms with Crippen molar-refractivity contribution >= 4 is 29.3 Å². The average Bonchev–Trinajstić information content (AvgIpc) is 3.03. The van der Waals surface area contributed by atoms with E-state index in [1.54, 1.807) is 0 Å². The van der Waals surface area contributed by atoms with E-state index in [1.165, 1.54) is 18.7 Å². The third kappa shape index (κ3) is 5.80. The number of hydrogen-bond donors (Lipinski definition) is 1. The number of hydrogen-bond acceptors (Lipinski definition) is 7. The van der Waals surface area contributed by atoms with Crippen LogP contribution in [-0.4, -0.2) is 34.4 Å². The molecule has 2 rings (SSSR count). The number of nitrogens with one attached hydrogen (secondary N) is 1. The number of aromatic nitrogens is 2. The summed E-state index contributed by atoms with van der Waals surface area (Å²) in [4.78, 5) is 27.9. The molecule has 0 radical (unpaired) electrons. The second-order valence-corrected chi connectivity index (χ2v) is 6.15. The van der Waals surface area contributed by atoms with Crippen LogP contribution < -0.4 is 5.32 Å². The fourth-order valence-electron chi connectivity index (χ4n) is 1.92. The second-order valence-electron chi connectivity index (χ2n) is 5.28. The molecule has 140 valence electrons. The lowest BCUT2D eigenvalue weighted by Crippen LogP contribution is -2.30. The lowest BCUT2D eigenvalue weighted by molar-refractivity contribution is -0.153. The number of carbonyl (C=O) groups excluding carboxylic acids is 2. The Morgan fingerprint density at radius 3 is 2.85 bits per heavy atom. The van der Waals surface area contributed by atoms with Gasteiger partial charge < -0.3 is 14.6 Å². The lowest BCUT2D eigenvalue weighted by atomic mass is 10.2. The summed E-state index contributed by atoms with van der Waals surface area (Å²) in [6, 6.07) is 2.73. The van der Waals surface area contributed by atoms with Crippen LogP contribution in [0.4, 0.5) is 14.5 Å². The number of ether oxygens (including phenoxy) is 1. The smallest absolute Gasteiger partial charge is 0.307 e. The van der Waals surface area contributed by atoms with Crippen molar-refractivity contribution in [3.63, 3.8) is 0 Å². The monoisotopic (exact) mass is 385 g/mol. The van der Waals surface area contributed by atoms with Gasteiger partial charge >= 0.3 is 5.97 Å². The maximum Gasteiger partial charge on any atom is 0.307 e. The van der Waals surface area contributed by atoms with E-state index in [0.717, 1.165) is 12.1 Å². The molecule has 0 aliphatic rings. The number of aryl methyl sites for hydroxylation is 1. The molecular formula is C16H17F2N3O4S. The van der Waals surface area contributed by atoms with Crippen LogP contribution in [0.15, 0.2) is 22.7 Å². The zero-order valence-electron chi connectivity index (χ0n) is 14.1. The van der Waals surface area contributed by atoms with Crippen molar-refractivity contribution in [2.24, 2.45) is 0 Å². The Bertz CT molecular complexity index is 785. The van der Waals surface area contributed by atoms with Crippen molar-refractivity contribution in [2.45, 2.75) is 31.6 Å². The third-order valence-corrected chi connectivity index (χ3v) is 3.74. The van der Waals surface area contributed by atoms with Gasteiger partial charge in [0, 0.05) is 12.5 Å². The van der Waals surface area contributed by atoms with Crippen LogP contribution in [0.5, 0.6) is 0 Å². The largest absolute Gasteiger partial charge is 0.453 e. The molecule has 1 atom stereocenters. The standard InChI is InChI=1S/C16H17F2N3O4S/c1-9(16(23)19-12-4-3-10(17)7-11(12)18)24-15(22)6-5-14-20-13(8-26-2)21-25-14/h3-4,7,9H,5-6,8H2,1-2H3,(H,19,23). The zero-order chi connectivity index (χ0) is 19.1. The summed E-state index contributed by atoms with van der Waals surface area (Å²) in [6.07, 6.45) is 0.879. The van der Waals surface area contributed by atoms with E-state index in [4.69, 9.17) is 9.26 Å². The topological polar surface area (TPSA) is 94.3 Å². The van der Waals surface area contributed by atoms with Gasteiger partial charge in [0.25, 0.3) is 5.91 Å². The fourth-order valence-corrected chi connectivity index (χ4v) is 2.30. The molecule has 7 nitrogen and oxygen atoms in total. The van der Waals surface area contributed by atoms with Crippen molar-refractivity contribution in [3.8, 4) is 0 Å². The zero-order valence-corrected chi connectivity index (χ0v) is 14.9. The molecule has 26 heavy (non-hydrogen) atoms. The fraction of sp³-hybridized carbons (Fsp3) is 0.375. The normalized spacial score (nSPS) is 11.8. The minimum atomic E-state index is -1.15. The van der Waals surface area contributed by atoms with E-state index in [9.17, 15) is 18.4 Å². The number of anilines is 1. The number of nitrogens with zero attached hydrogens (tertiary/aromatic N) is 2. The maximum absolute atomic E-state index is 13.5. The second kappa shape index (κ2) is 9.27. The minimum Gasteiger partial charge on any atom is -0.453 e. The van der Waals surface area contributed by atoms with E-state index in [-0.39, 0.29) is 18.5 Å². The molecule has 0 aliphatic heterocycles. The molecular weight excluding hydrogens is 368 g/mol. The highest BCUT2D eigenvalue weighted by Gasteiger charge is 2.20. The van der Waals surface area contributed by atoms with E-state index < -0.39 is 29.6 Å². The van der Waals surface area contributed by atoms with Gasteiger partial charge in [-0.1, -0.05) is 5.16 Å². The molecule has 1 aromatic heterocycles. The Morgan fingerprint density at radius 1 is 1.38 bits per heavy atom. The van der Waals surface area contributed by atoms with Crippen LogP contribution in [0.3, 0.4) is 0 Å². The molecule has 1 amide bonds. The summed E-state index contributed by atoms with van der Waals surface area (Å²) in [6.45, 7) is 1.35. The van der Waals surface area contributed by atoms with Gasteiger partial charge in [0.2, 0.25) is 5.89 Å². The number of benzene rings is 1. The summed E-state index contributed by atoms with van der Waals surface area (Å²) in [7, 11) is 0. The number of carbonyl (C=O) groups is 2. The van der Waals surface area contributed by atoms with Crippen LogP contribution in [-0.2, 0) is 26.5 Å². The average molecular weight is 385 g/mol. The Hall–Kier alpha value is -2.49. The molecule has 0 saturated carbocycles. The molecule has 0 bridgehead atoms. The van der Waals surface area contributed by atoms with Crippen LogP contribution in [0.2, 0.25) is 0 Å². The molecule has 2 aromatic rings. The van der Waals surface area contributed by atoms with E-state index >= 15 is 0 Å². The molecule has 0 fully saturated rings. The number of thioether (sulfide) groups is 1. The summed E-state index contributed by atoms with van der Waals surface area (Å²) in [5, 5.41) is 5.98. The third-order valence-electron chi connectivity index (χ3n) is 3.19. The van der Waals surface area contributed by atoms with Gasteiger partial charge in [-0.2, -0.15) is 16.7 Å². The first-order chi connectivity index (χ1) is 12.4. The predicted octanol–water partition coefficient (Wildman–Crippen LogP) is 2.71. The number of amides is 1. The molecule has 1 heterocycles. The predicted molar refractivity (Wildman–Crippen MR) is 90.4 cm³/mol. The molecule has 0 aliphatic carbocycles. The van der Waals surface area contributed by atoms with Gasteiger partial charge in [0.15, 0.2) is 11.9 Å². The van der Waals surface area contributed by atoms with Gasteiger partial charge in [0.05, 0.1) is 17.9 Å². The Kier molecular flexibility index (Phi) is 7.07. The summed E-state index contributed by atoms with van der Waals surface area (Å²) < 4.78 is 36.3. The van der Waals surface area contributed by atoms with Crippen LogP contribution in [0, 0.1) is 11.6 Å². The number of halogens is 2. The minimum absolute atomic E-state index is 0.0522. The molecule has 0 saturated heterocycles. The lowest BCUT2D eigenvalue weighted by Gasteiger charge is -2.13. The van der Waals surface area contributed by atoms with Crippen LogP contribution >= 0.6 is 11.8 Å². The Morgan fingerprint density at radius 2 is 2.15 bits per heavy atom. The van der Waals surface area contributed by atoms with E-state index in [1.807, 2.05) is 6.26 Å². The van der Waals surface area contributed by atoms with Gasteiger partial charge in [-0.15, -0.1) is 0 Å². The SMILES string of the molecule is CSCc1noc(CCC(=O)OC(C)C(=O)Nc2ccc(F)cc2F)n1. The molecule has 10 heteroatoms. The van der Waals surface area contributed by atoms with Crippen molar-refractivity contribution < 1.29 is 27.6 Å². The van der Waals surface area contributed by atoms with E-state index in [2.05, 4.69) is 15.5 Å². The Labute approximate surface area is 152 Å². The first-order valence-corrected chi connectivity index (χ1v) is 9.04. The molecule has 1 unspecified atom stereocenters. The van der Waals surface area contributed by atoms with Crippen molar-refractivity contribution in [1.82, 2.24) is 10.1 Å². The van der Waals surface area contributed by atoms with Gasteiger partial charge in [-0.3, -0.25) is 9.59 Å². The van der Waals surface area contributed by atoms with Gasteiger partial charge in [-0.05, 0) is 25.3 Å². The van der Waals surface area contributed by atoms with Crippen molar-refractivity contribution in [3.05, 3.63) is 41.5 Å². The highest BCUT2D eigenvalue weighted by atomic mass is 32.2. The number of esters is 1. The molecule has 0 spiro atoms. The van der Waals surface area contributed by atoms with Gasteiger partial charge in [-0.25, -0.2) is 8.78 Å². The summed E-state index contributed by atoms with van der Waals surface area (Å²) in [5.74, 6) is -1.62. The van der Waals surface area contributed by atoms with Crippen LogP contribution in [0.1, 0.15) is 25.1 Å². The van der Waals surface area contributed by atoms with Crippen LogP contribution in [0.25, 0.3) is 0 Å². The summed E-state index contributed by atoms with van der Waals surface area (Å²) in [5.41, 5.74) is -0.202. The quantitative estimate of drug-likeness (QED) is 0.698. The number of rotatable bonds is 8. The molecule has 1 N–H and O–H groups in total. The first kappa shape index (κ1) is 19.8. The van der Waals surface area contributed by atoms with Gasteiger partial charge in [0.1, 0.15) is 11.6 Å². The van der Waals surface area contributed by atoms with Crippen molar-refractivity contribution in [2.75, 3.05) is 11.6 Å². The highest BCUT2D eigenvalue weighted by Crippen LogP contribution is 2.15. The van der Waals surface area contributed by atoms with Crippen molar-refractivity contribution in [1.29, 1.82) is 0 Å².